The fraction of sp³-hybridized carbons (Fsp3) is 0.318. The Labute approximate surface area is 175 Å². The summed E-state index contributed by atoms with van der Waals surface area (Å²) in [7, 11) is 0. The summed E-state index contributed by atoms with van der Waals surface area (Å²) in [5.74, 6) is 1.73. The van der Waals surface area contributed by atoms with E-state index in [1.165, 1.54) is 0 Å². The zero-order valence-corrected chi connectivity index (χ0v) is 16.7. The van der Waals surface area contributed by atoms with Gasteiger partial charge in [-0.1, -0.05) is 31.2 Å². The van der Waals surface area contributed by atoms with Crippen LogP contribution >= 0.6 is 22.9 Å². The quantitative estimate of drug-likeness (QED) is 0.508. The Kier molecular flexibility index (Phi) is 6.94. The molecule has 4 nitrogen and oxygen atoms in total. The van der Waals surface area contributed by atoms with Gasteiger partial charge in [0.05, 0.1) is 23.1 Å². The molecule has 3 aromatic rings. The molecule has 0 radical (unpaired) electrons. The van der Waals surface area contributed by atoms with Crippen molar-refractivity contribution in [2.45, 2.75) is 14.4 Å². The first-order valence-corrected chi connectivity index (χ1v) is 10.3. The highest BCUT2D eigenvalue weighted by atomic mass is 35.5. The lowest BCUT2D eigenvalue weighted by molar-refractivity contribution is 0.110. The van der Waals surface area contributed by atoms with Gasteiger partial charge in [-0.25, -0.2) is 0 Å². The third-order valence-electron chi connectivity index (χ3n) is 4.42. The van der Waals surface area contributed by atoms with Crippen molar-refractivity contribution in [2.24, 2.45) is 4.99 Å². The van der Waals surface area contributed by atoms with E-state index in [1.807, 2.05) is 13.0 Å². The number of aliphatic imine (C=N–C) groups is 1. The number of amidine groups is 1. The van der Waals surface area contributed by atoms with Gasteiger partial charge in [0.25, 0.3) is 0 Å². The van der Waals surface area contributed by atoms with Crippen LogP contribution < -0.4 is 10.1 Å². The summed E-state index contributed by atoms with van der Waals surface area (Å²) >= 11 is 7.69. The highest BCUT2D eigenvalue weighted by Crippen LogP contribution is 2.34. The van der Waals surface area contributed by atoms with Crippen molar-refractivity contribution in [1.29, 1.82) is 0 Å². The number of nitrogens with zero attached hydrogens (tertiary/aromatic N) is 1. The number of benzene rings is 2. The topological polar surface area (TPSA) is 42.9 Å². The molecule has 0 unspecified atom stereocenters. The maximum absolute atomic E-state index is 6.10. The lowest BCUT2D eigenvalue weighted by atomic mass is 10.0. The van der Waals surface area contributed by atoms with Crippen LogP contribution in [0.15, 0.2) is 47.5 Å². The summed E-state index contributed by atoms with van der Waals surface area (Å²) in [5.41, 5.74) is 2.16. The second-order valence-corrected chi connectivity index (χ2v) is 7.93. The maximum Gasteiger partial charge on any atom is 0.132 e. The Balaban J connectivity index is 0.00000225. The summed E-state index contributed by atoms with van der Waals surface area (Å²) in [5, 5.41) is 5.64. The summed E-state index contributed by atoms with van der Waals surface area (Å²) < 4.78 is 12.2. The van der Waals surface area contributed by atoms with Crippen molar-refractivity contribution < 1.29 is 9.47 Å². The van der Waals surface area contributed by atoms with Gasteiger partial charge in [0.15, 0.2) is 0 Å². The van der Waals surface area contributed by atoms with Crippen LogP contribution in [0, 0.1) is 0 Å². The molecule has 0 fully saturated rings. The minimum Gasteiger partial charge on any atom is -0.490 e. The van der Waals surface area contributed by atoms with E-state index in [1.54, 1.807) is 11.3 Å². The second kappa shape index (κ2) is 9.41. The minimum absolute atomic E-state index is 0. The van der Waals surface area contributed by atoms with Crippen molar-refractivity contribution in [3.63, 3.8) is 0 Å². The normalized spacial score (nSPS) is 13.1. The molecule has 4 rings (SSSR count). The van der Waals surface area contributed by atoms with E-state index in [2.05, 4.69) is 46.7 Å². The zero-order chi connectivity index (χ0) is 18.6. The Hall–Kier alpha value is -2.08. The molecule has 1 N–H and O–H groups in total. The van der Waals surface area contributed by atoms with Crippen LogP contribution in [0.1, 0.15) is 19.9 Å². The third-order valence-corrected chi connectivity index (χ3v) is 5.70. The minimum atomic E-state index is 0. The SMILES string of the molecule is C.CCOCCOc1cc2ccc(-c3ccc(Cl)s3)cc2cc1C1=NCCN1. The van der Waals surface area contributed by atoms with Gasteiger partial charge in [0, 0.05) is 18.0 Å². The summed E-state index contributed by atoms with van der Waals surface area (Å²) in [4.78, 5) is 5.74. The predicted octanol–water partition coefficient (Wildman–Crippen LogP) is 5.62. The molecule has 0 saturated carbocycles. The van der Waals surface area contributed by atoms with Gasteiger partial charge in [-0.2, -0.15) is 0 Å². The van der Waals surface area contributed by atoms with Gasteiger partial charge in [-0.05, 0) is 53.6 Å². The molecule has 0 saturated heterocycles. The predicted molar refractivity (Wildman–Crippen MR) is 120 cm³/mol. The van der Waals surface area contributed by atoms with Crippen LogP contribution in [0.3, 0.4) is 0 Å². The van der Waals surface area contributed by atoms with Gasteiger partial charge >= 0.3 is 0 Å². The van der Waals surface area contributed by atoms with E-state index < -0.39 is 0 Å². The van der Waals surface area contributed by atoms with E-state index in [0.29, 0.717) is 19.8 Å². The fourth-order valence-electron chi connectivity index (χ4n) is 3.14. The number of hydrogen-bond donors (Lipinski definition) is 1. The molecule has 1 aromatic heterocycles. The summed E-state index contributed by atoms with van der Waals surface area (Å²) in [6.07, 6.45) is 0. The summed E-state index contributed by atoms with van der Waals surface area (Å²) in [6, 6.07) is 14.7. The average Bonchev–Trinajstić information content (AvgIpc) is 3.36. The second-order valence-electron chi connectivity index (χ2n) is 6.22. The largest absolute Gasteiger partial charge is 0.490 e. The van der Waals surface area contributed by atoms with Crippen LogP contribution in [-0.2, 0) is 4.74 Å². The van der Waals surface area contributed by atoms with Gasteiger partial charge in [-0.15, -0.1) is 11.3 Å². The summed E-state index contributed by atoms with van der Waals surface area (Å²) in [6.45, 7) is 5.42. The number of halogens is 1. The van der Waals surface area contributed by atoms with Crippen molar-refractivity contribution in [1.82, 2.24) is 5.32 Å². The first-order valence-electron chi connectivity index (χ1n) is 9.07. The molecular weight excluding hydrogens is 392 g/mol. The van der Waals surface area contributed by atoms with Crippen LogP contribution in [0.5, 0.6) is 5.75 Å². The molecule has 0 bridgehead atoms. The first-order chi connectivity index (χ1) is 13.2. The smallest absolute Gasteiger partial charge is 0.132 e. The van der Waals surface area contributed by atoms with Crippen LogP contribution in [-0.4, -0.2) is 38.7 Å². The first kappa shape index (κ1) is 20.6. The van der Waals surface area contributed by atoms with E-state index in [-0.39, 0.29) is 7.43 Å². The molecule has 0 spiro atoms. The molecule has 6 heteroatoms. The van der Waals surface area contributed by atoms with Gasteiger partial charge in [0.2, 0.25) is 0 Å². The lowest BCUT2D eigenvalue weighted by Crippen LogP contribution is -2.20. The van der Waals surface area contributed by atoms with E-state index in [0.717, 1.165) is 55.8 Å². The molecule has 0 amide bonds. The monoisotopic (exact) mass is 416 g/mol. The number of ether oxygens (including phenoxy) is 2. The van der Waals surface area contributed by atoms with Crippen molar-refractivity contribution >= 4 is 39.5 Å². The highest BCUT2D eigenvalue weighted by Gasteiger charge is 2.16. The molecule has 0 aliphatic carbocycles. The van der Waals surface area contributed by atoms with E-state index in [9.17, 15) is 0 Å². The zero-order valence-electron chi connectivity index (χ0n) is 15.1. The molecule has 1 aliphatic rings. The molecule has 28 heavy (non-hydrogen) atoms. The van der Waals surface area contributed by atoms with Gasteiger partial charge in [0.1, 0.15) is 18.2 Å². The maximum atomic E-state index is 6.10. The van der Waals surface area contributed by atoms with Crippen molar-refractivity contribution in [3.8, 4) is 16.2 Å². The van der Waals surface area contributed by atoms with E-state index in [4.69, 9.17) is 21.1 Å². The molecule has 148 valence electrons. The lowest BCUT2D eigenvalue weighted by Gasteiger charge is -2.14. The van der Waals surface area contributed by atoms with Crippen LogP contribution in [0.2, 0.25) is 4.34 Å². The molecule has 1 aliphatic heterocycles. The number of fused-ring (bicyclic) bond motifs is 1. The number of rotatable bonds is 7. The Bertz CT molecular complexity index is 984. The average molecular weight is 417 g/mol. The number of hydrogen-bond acceptors (Lipinski definition) is 5. The van der Waals surface area contributed by atoms with Crippen molar-refractivity contribution in [3.05, 3.63) is 52.4 Å². The standard InChI is InChI=1S/C21H21ClN2O2S.CH4/c1-2-25-9-10-26-18-13-14-3-4-15(19-5-6-20(22)27-19)11-16(14)12-17(18)21-23-7-8-24-21;/h3-6,11-13H,2,7-10H2,1H3,(H,23,24);1H4. The number of thiophene rings is 1. The van der Waals surface area contributed by atoms with Crippen LogP contribution in [0.25, 0.3) is 21.2 Å². The van der Waals surface area contributed by atoms with Crippen LogP contribution in [0.4, 0.5) is 0 Å². The van der Waals surface area contributed by atoms with Crippen molar-refractivity contribution in [2.75, 3.05) is 32.9 Å². The Morgan fingerprint density at radius 2 is 2.00 bits per heavy atom. The van der Waals surface area contributed by atoms with Gasteiger partial charge in [-0.3, -0.25) is 4.99 Å². The Morgan fingerprint density at radius 1 is 1.11 bits per heavy atom. The van der Waals surface area contributed by atoms with Gasteiger partial charge < -0.3 is 14.8 Å². The third kappa shape index (κ3) is 4.49. The molecular formula is C22H25ClN2O2S. The fourth-order valence-corrected chi connectivity index (χ4v) is 4.18. The Morgan fingerprint density at radius 3 is 2.71 bits per heavy atom. The molecule has 0 atom stereocenters. The molecule has 2 heterocycles. The number of nitrogens with one attached hydrogen (secondary N) is 1. The van der Waals surface area contributed by atoms with E-state index >= 15 is 0 Å². The molecule has 2 aromatic carbocycles. The highest BCUT2D eigenvalue weighted by molar-refractivity contribution is 7.19.